The first kappa shape index (κ1) is 20.6. The summed E-state index contributed by atoms with van der Waals surface area (Å²) in [5, 5.41) is 0. The van der Waals surface area contributed by atoms with Crippen LogP contribution in [0.3, 0.4) is 0 Å². The van der Waals surface area contributed by atoms with Crippen LogP contribution < -0.4 is 9.64 Å². The second-order valence-corrected chi connectivity index (χ2v) is 7.83. The van der Waals surface area contributed by atoms with Crippen LogP contribution in [-0.2, 0) is 16.0 Å². The highest BCUT2D eigenvalue weighted by Gasteiger charge is 2.28. The molecule has 1 fully saturated rings. The number of hydrogen-bond donors (Lipinski definition) is 0. The van der Waals surface area contributed by atoms with Gasteiger partial charge in [0.15, 0.2) is 0 Å². The van der Waals surface area contributed by atoms with E-state index in [0.29, 0.717) is 19.8 Å². The van der Waals surface area contributed by atoms with Crippen molar-refractivity contribution < 1.29 is 19.0 Å². The summed E-state index contributed by atoms with van der Waals surface area (Å²) in [5.74, 6) is 0.809. The van der Waals surface area contributed by atoms with Crippen molar-refractivity contribution in [2.75, 3.05) is 51.7 Å². The third-order valence-corrected chi connectivity index (χ3v) is 6.04. The van der Waals surface area contributed by atoms with E-state index >= 15 is 0 Å². The van der Waals surface area contributed by atoms with Gasteiger partial charge in [0.1, 0.15) is 5.75 Å². The van der Waals surface area contributed by atoms with Gasteiger partial charge < -0.3 is 19.1 Å². The van der Waals surface area contributed by atoms with Gasteiger partial charge in [-0.25, -0.2) is 9.78 Å². The molecule has 158 valence electrons. The number of fused-ring (bicyclic) bond motifs is 1. The van der Waals surface area contributed by atoms with E-state index in [0.717, 1.165) is 51.9 Å². The van der Waals surface area contributed by atoms with Crippen molar-refractivity contribution >= 4 is 28.4 Å². The van der Waals surface area contributed by atoms with Crippen LogP contribution in [0.25, 0.3) is 16.2 Å². The molecule has 7 nitrogen and oxygen atoms in total. The number of aromatic nitrogens is 1. The fourth-order valence-electron chi connectivity index (χ4n) is 3.72. The number of hydrogen-bond acceptors (Lipinski definition) is 7. The standard InChI is InChI=1S/C22H25N3O4S/c1-27-16-6-4-15(5-7-16)18-12-19(24-8-10-29-11-9-24)17-13-25(22(26)28-2)14-20(30-3)21(17)23-18/h4-7,12,14H,8-11,13H2,1-3H3. The molecule has 0 spiro atoms. The Kier molecular flexibility index (Phi) is 6.15. The lowest BCUT2D eigenvalue weighted by atomic mass is 10.0. The van der Waals surface area contributed by atoms with Crippen LogP contribution in [0.4, 0.5) is 10.5 Å². The monoisotopic (exact) mass is 427 g/mol. The van der Waals surface area contributed by atoms with Gasteiger partial charge in [-0.15, -0.1) is 11.8 Å². The molecule has 4 rings (SSSR count). The minimum absolute atomic E-state index is 0.376. The molecule has 8 heteroatoms. The molecule has 1 amide bonds. The SMILES string of the molecule is COC(=O)N1C=C(SC)c2nc(-c3ccc(OC)cc3)cc(N3CCOCC3)c2C1. The molecule has 2 aliphatic heterocycles. The Labute approximate surface area is 180 Å². The van der Waals surface area contributed by atoms with Gasteiger partial charge in [0, 0.05) is 41.0 Å². The molecule has 1 saturated heterocycles. The highest BCUT2D eigenvalue weighted by Crippen LogP contribution is 2.40. The quantitative estimate of drug-likeness (QED) is 0.735. The minimum atomic E-state index is -0.376. The maximum absolute atomic E-state index is 12.3. The van der Waals surface area contributed by atoms with Gasteiger partial charge in [-0.2, -0.15) is 0 Å². The van der Waals surface area contributed by atoms with Crippen LogP contribution in [0.1, 0.15) is 11.3 Å². The number of pyridine rings is 1. The largest absolute Gasteiger partial charge is 0.497 e. The fourth-order valence-corrected chi connectivity index (χ4v) is 4.31. The molecule has 0 aliphatic carbocycles. The van der Waals surface area contributed by atoms with Crippen LogP contribution in [0, 0.1) is 0 Å². The predicted molar refractivity (Wildman–Crippen MR) is 119 cm³/mol. The van der Waals surface area contributed by atoms with Crippen molar-refractivity contribution in [1.82, 2.24) is 9.88 Å². The lowest BCUT2D eigenvalue weighted by Crippen LogP contribution is -2.38. The number of carbonyl (C=O) groups is 1. The van der Waals surface area contributed by atoms with Crippen LogP contribution in [-0.4, -0.2) is 62.8 Å². The Morgan fingerprint density at radius 1 is 1.17 bits per heavy atom. The number of carbonyl (C=O) groups excluding carboxylic acids is 1. The van der Waals surface area contributed by atoms with E-state index in [1.165, 1.54) is 7.11 Å². The zero-order valence-electron chi connectivity index (χ0n) is 17.4. The molecule has 0 saturated carbocycles. The molecule has 1 aromatic carbocycles. The van der Waals surface area contributed by atoms with Crippen LogP contribution >= 0.6 is 11.8 Å². The molecule has 0 radical (unpaired) electrons. The zero-order chi connectivity index (χ0) is 21.1. The molecule has 1 aromatic heterocycles. The van der Waals surface area contributed by atoms with Gasteiger partial charge in [0.2, 0.25) is 0 Å². The Morgan fingerprint density at radius 3 is 2.53 bits per heavy atom. The topological polar surface area (TPSA) is 64.1 Å². The van der Waals surface area contributed by atoms with E-state index in [-0.39, 0.29) is 6.09 Å². The first-order valence-electron chi connectivity index (χ1n) is 9.76. The maximum atomic E-state index is 12.3. The summed E-state index contributed by atoms with van der Waals surface area (Å²) in [7, 11) is 3.06. The first-order valence-corrected chi connectivity index (χ1v) is 11.0. The summed E-state index contributed by atoms with van der Waals surface area (Å²) < 4.78 is 15.8. The molecule has 2 aromatic rings. The number of methoxy groups -OCH3 is 2. The van der Waals surface area contributed by atoms with Gasteiger partial charge in [-0.3, -0.25) is 4.90 Å². The third kappa shape index (κ3) is 3.97. The van der Waals surface area contributed by atoms with E-state index in [1.54, 1.807) is 23.8 Å². The highest BCUT2D eigenvalue weighted by molar-refractivity contribution is 8.07. The molecule has 0 N–H and O–H groups in total. The van der Waals surface area contributed by atoms with Gasteiger partial charge in [0.25, 0.3) is 0 Å². The minimum Gasteiger partial charge on any atom is -0.497 e. The summed E-state index contributed by atoms with van der Waals surface area (Å²) in [6.45, 7) is 3.39. The predicted octanol–water partition coefficient (Wildman–Crippen LogP) is 3.84. The van der Waals surface area contributed by atoms with Crippen molar-refractivity contribution in [2.45, 2.75) is 6.54 Å². The van der Waals surface area contributed by atoms with Crippen molar-refractivity contribution in [3.63, 3.8) is 0 Å². The summed E-state index contributed by atoms with van der Waals surface area (Å²) >= 11 is 1.57. The molecule has 0 bridgehead atoms. The van der Waals surface area contributed by atoms with E-state index in [9.17, 15) is 4.79 Å². The maximum Gasteiger partial charge on any atom is 0.413 e. The number of ether oxygens (including phenoxy) is 3. The molecule has 0 atom stereocenters. The Morgan fingerprint density at radius 2 is 1.90 bits per heavy atom. The highest BCUT2D eigenvalue weighted by atomic mass is 32.2. The summed E-state index contributed by atoms with van der Waals surface area (Å²) in [4.78, 5) is 22.1. The average molecular weight is 428 g/mol. The fraction of sp³-hybridized carbons (Fsp3) is 0.364. The van der Waals surface area contributed by atoms with Crippen LogP contribution in [0.15, 0.2) is 36.5 Å². The number of thioether (sulfide) groups is 1. The van der Waals surface area contributed by atoms with Gasteiger partial charge >= 0.3 is 6.09 Å². The Bertz CT molecular complexity index is 956. The normalized spacial score (nSPS) is 16.0. The number of morpholine rings is 1. The zero-order valence-corrected chi connectivity index (χ0v) is 18.2. The molecule has 2 aliphatic rings. The molecule has 0 unspecified atom stereocenters. The van der Waals surface area contributed by atoms with Gasteiger partial charge in [-0.05, 0) is 36.6 Å². The van der Waals surface area contributed by atoms with Crippen LogP contribution in [0.5, 0.6) is 5.75 Å². The van der Waals surface area contributed by atoms with E-state index in [1.807, 2.05) is 36.7 Å². The first-order chi connectivity index (χ1) is 14.6. The summed E-state index contributed by atoms with van der Waals surface area (Å²) in [5.41, 5.74) is 4.94. The lowest BCUT2D eigenvalue weighted by Gasteiger charge is -2.34. The molecule has 30 heavy (non-hydrogen) atoms. The number of nitrogens with zero attached hydrogens (tertiary/aromatic N) is 3. The summed E-state index contributed by atoms with van der Waals surface area (Å²) in [6.07, 6.45) is 3.44. The summed E-state index contributed by atoms with van der Waals surface area (Å²) in [6, 6.07) is 10.0. The van der Waals surface area contributed by atoms with Gasteiger partial charge in [0.05, 0.1) is 45.4 Å². The van der Waals surface area contributed by atoms with Crippen molar-refractivity contribution in [3.05, 3.63) is 47.8 Å². The molecular formula is C22H25N3O4S. The molecular weight excluding hydrogens is 402 g/mol. The number of anilines is 1. The third-order valence-electron chi connectivity index (χ3n) is 5.30. The second kappa shape index (κ2) is 8.97. The van der Waals surface area contributed by atoms with E-state index in [4.69, 9.17) is 19.2 Å². The van der Waals surface area contributed by atoms with Crippen molar-refractivity contribution in [2.24, 2.45) is 0 Å². The second-order valence-electron chi connectivity index (χ2n) is 6.98. The average Bonchev–Trinajstić information content (AvgIpc) is 2.82. The smallest absolute Gasteiger partial charge is 0.413 e. The number of amides is 1. The Hall–Kier alpha value is -2.71. The van der Waals surface area contributed by atoms with E-state index in [2.05, 4.69) is 11.0 Å². The van der Waals surface area contributed by atoms with Gasteiger partial charge in [-0.1, -0.05) is 0 Å². The van der Waals surface area contributed by atoms with Crippen molar-refractivity contribution in [3.8, 4) is 17.0 Å². The number of benzene rings is 1. The number of rotatable bonds is 4. The van der Waals surface area contributed by atoms with Crippen molar-refractivity contribution in [1.29, 1.82) is 0 Å². The van der Waals surface area contributed by atoms with Crippen LogP contribution in [0.2, 0.25) is 0 Å². The van der Waals surface area contributed by atoms with E-state index < -0.39 is 0 Å². The Balaban J connectivity index is 1.84. The lowest BCUT2D eigenvalue weighted by molar-refractivity contribution is 0.122. The molecule has 3 heterocycles.